The Labute approximate surface area is 201 Å². The van der Waals surface area contributed by atoms with Crippen molar-refractivity contribution in [3.05, 3.63) is 0 Å². The van der Waals surface area contributed by atoms with Gasteiger partial charge in [-0.1, -0.05) is 58.3 Å². The molecule has 7 N–H and O–H groups in total. The van der Waals surface area contributed by atoms with E-state index in [1.54, 1.807) is 0 Å². The molecule has 202 valence electrons. The fourth-order valence-corrected chi connectivity index (χ4v) is 4.31. The van der Waals surface area contributed by atoms with E-state index in [-0.39, 0.29) is 0 Å². The molecular weight excluding hydrogens is 452 g/mol. The van der Waals surface area contributed by atoms with E-state index in [4.69, 9.17) is 18.9 Å². The standard InChI is InChI=1S/C23H44O11/c1-2-3-4-5-6-7-8-9-10-11-31-22-20(30)18(28)21(15(13-25)33-22)34-23-19(29)17(27)16(26)14(12-24)32-23/h14-30H,2-13H2,1H3/t14-,15-,16-,17+,18-,19-,20-,21-,22-,23+/m1/s1. The molecule has 34 heavy (non-hydrogen) atoms. The van der Waals surface area contributed by atoms with Crippen LogP contribution in [-0.2, 0) is 18.9 Å². The zero-order valence-electron chi connectivity index (χ0n) is 20.0. The van der Waals surface area contributed by atoms with Crippen LogP contribution in [0.1, 0.15) is 64.7 Å². The highest BCUT2D eigenvalue weighted by Crippen LogP contribution is 2.29. The molecule has 2 rings (SSSR count). The molecule has 2 fully saturated rings. The van der Waals surface area contributed by atoms with Gasteiger partial charge < -0.3 is 54.7 Å². The molecule has 0 aromatic carbocycles. The second-order valence-electron chi connectivity index (χ2n) is 9.20. The lowest BCUT2D eigenvalue weighted by Gasteiger charge is -2.45. The molecule has 10 atom stereocenters. The molecule has 11 nitrogen and oxygen atoms in total. The van der Waals surface area contributed by atoms with Crippen LogP contribution in [0.3, 0.4) is 0 Å². The van der Waals surface area contributed by atoms with E-state index >= 15 is 0 Å². The fourth-order valence-electron chi connectivity index (χ4n) is 4.31. The summed E-state index contributed by atoms with van der Waals surface area (Å²) in [4.78, 5) is 0. The van der Waals surface area contributed by atoms with Gasteiger partial charge in [-0.05, 0) is 6.42 Å². The summed E-state index contributed by atoms with van der Waals surface area (Å²) in [5, 5.41) is 70.0. The van der Waals surface area contributed by atoms with Gasteiger partial charge in [0.1, 0.15) is 48.8 Å². The summed E-state index contributed by atoms with van der Waals surface area (Å²) in [5.41, 5.74) is 0. The minimum atomic E-state index is -1.69. The molecule has 2 heterocycles. The molecule has 0 aromatic heterocycles. The van der Waals surface area contributed by atoms with Gasteiger partial charge in [-0.25, -0.2) is 0 Å². The van der Waals surface area contributed by atoms with Gasteiger partial charge in [0.05, 0.1) is 13.2 Å². The molecule has 2 aliphatic rings. The molecule has 2 aliphatic heterocycles. The largest absolute Gasteiger partial charge is 0.394 e. The van der Waals surface area contributed by atoms with Crippen LogP contribution in [0.2, 0.25) is 0 Å². The summed E-state index contributed by atoms with van der Waals surface area (Å²) in [5.74, 6) is 0. The monoisotopic (exact) mass is 496 g/mol. The second-order valence-corrected chi connectivity index (χ2v) is 9.20. The molecule has 11 heteroatoms. The summed E-state index contributed by atoms with van der Waals surface area (Å²) in [6.07, 6.45) is -3.99. The highest BCUT2D eigenvalue weighted by atomic mass is 16.7. The fraction of sp³-hybridized carbons (Fsp3) is 1.00. The Balaban J connectivity index is 1.78. The molecule has 0 spiro atoms. The topological polar surface area (TPSA) is 179 Å². The Kier molecular flexibility index (Phi) is 13.7. The molecule has 0 bridgehead atoms. The molecule has 0 aromatic rings. The van der Waals surface area contributed by atoms with E-state index in [0.717, 1.165) is 19.3 Å². The van der Waals surface area contributed by atoms with Crippen molar-refractivity contribution in [1.82, 2.24) is 0 Å². The summed E-state index contributed by atoms with van der Waals surface area (Å²) in [6.45, 7) is 1.29. The average Bonchev–Trinajstić information content (AvgIpc) is 2.84. The molecule has 0 saturated carbocycles. The molecule has 0 unspecified atom stereocenters. The first-order chi connectivity index (χ1) is 16.3. The Morgan fingerprint density at radius 1 is 0.588 bits per heavy atom. The first-order valence-corrected chi connectivity index (χ1v) is 12.6. The predicted molar refractivity (Wildman–Crippen MR) is 120 cm³/mol. The van der Waals surface area contributed by atoms with Crippen molar-refractivity contribution in [2.45, 2.75) is 126 Å². The van der Waals surface area contributed by atoms with Crippen LogP contribution in [0.5, 0.6) is 0 Å². The maximum absolute atomic E-state index is 10.6. The number of rotatable bonds is 15. The highest BCUT2D eigenvalue weighted by Gasteiger charge is 2.50. The van der Waals surface area contributed by atoms with Crippen LogP contribution in [0.4, 0.5) is 0 Å². The van der Waals surface area contributed by atoms with Crippen LogP contribution >= 0.6 is 0 Å². The van der Waals surface area contributed by atoms with Gasteiger partial charge in [0.25, 0.3) is 0 Å². The number of hydrogen-bond acceptors (Lipinski definition) is 11. The van der Waals surface area contributed by atoms with Crippen LogP contribution < -0.4 is 0 Å². The van der Waals surface area contributed by atoms with Gasteiger partial charge >= 0.3 is 0 Å². The average molecular weight is 497 g/mol. The second kappa shape index (κ2) is 15.6. The predicted octanol–water partition coefficient (Wildman–Crippen LogP) is -0.842. The SMILES string of the molecule is CCCCCCCCCCCO[C@@H]1O[C@H](CO)[C@@H](O[C@@H]2O[C@H](CO)[C@@H](O)[C@H](O)[C@H]2O)[C@H](O)[C@H]1O. The number of unbranched alkanes of at least 4 members (excludes halogenated alkanes) is 8. The quantitative estimate of drug-likeness (QED) is 0.141. The third-order valence-electron chi connectivity index (χ3n) is 6.49. The van der Waals surface area contributed by atoms with Gasteiger partial charge in [-0.2, -0.15) is 0 Å². The minimum absolute atomic E-state index is 0.320. The maximum atomic E-state index is 10.6. The van der Waals surface area contributed by atoms with Crippen molar-refractivity contribution in [2.24, 2.45) is 0 Å². The Morgan fingerprint density at radius 2 is 1.12 bits per heavy atom. The van der Waals surface area contributed by atoms with Gasteiger partial charge in [-0.15, -0.1) is 0 Å². The summed E-state index contributed by atoms with van der Waals surface area (Å²) < 4.78 is 22.0. The van der Waals surface area contributed by atoms with Crippen molar-refractivity contribution in [3.63, 3.8) is 0 Å². The van der Waals surface area contributed by atoms with Crippen molar-refractivity contribution >= 4 is 0 Å². The number of hydrogen-bond donors (Lipinski definition) is 7. The summed E-state index contributed by atoms with van der Waals surface area (Å²) in [7, 11) is 0. The normalized spacial score (nSPS) is 38.8. The molecule has 0 amide bonds. The van der Waals surface area contributed by atoms with Crippen LogP contribution in [0.15, 0.2) is 0 Å². The van der Waals surface area contributed by atoms with E-state index in [9.17, 15) is 35.7 Å². The van der Waals surface area contributed by atoms with Crippen LogP contribution in [0, 0.1) is 0 Å². The van der Waals surface area contributed by atoms with E-state index in [2.05, 4.69) is 6.92 Å². The van der Waals surface area contributed by atoms with Crippen molar-refractivity contribution in [1.29, 1.82) is 0 Å². The first kappa shape index (κ1) is 29.8. The van der Waals surface area contributed by atoms with Crippen molar-refractivity contribution in [2.75, 3.05) is 19.8 Å². The van der Waals surface area contributed by atoms with Crippen molar-refractivity contribution < 1.29 is 54.7 Å². The number of aliphatic hydroxyl groups is 7. The van der Waals surface area contributed by atoms with Crippen molar-refractivity contribution in [3.8, 4) is 0 Å². The van der Waals surface area contributed by atoms with Gasteiger partial charge in [0.15, 0.2) is 12.6 Å². The van der Waals surface area contributed by atoms with Gasteiger partial charge in [0.2, 0.25) is 0 Å². The third kappa shape index (κ3) is 8.31. The zero-order valence-corrected chi connectivity index (χ0v) is 20.0. The molecule has 0 aliphatic carbocycles. The lowest BCUT2D eigenvalue weighted by atomic mass is 9.97. The lowest BCUT2D eigenvalue weighted by molar-refractivity contribution is -0.359. The minimum Gasteiger partial charge on any atom is -0.394 e. The smallest absolute Gasteiger partial charge is 0.187 e. The lowest BCUT2D eigenvalue weighted by Crippen LogP contribution is -2.64. The molecule has 2 saturated heterocycles. The first-order valence-electron chi connectivity index (χ1n) is 12.6. The molecule has 0 radical (unpaired) electrons. The van der Waals surface area contributed by atoms with E-state index < -0.39 is 74.6 Å². The Hall–Kier alpha value is -0.440. The number of aliphatic hydroxyl groups excluding tert-OH is 7. The van der Waals surface area contributed by atoms with E-state index in [1.807, 2.05) is 0 Å². The highest BCUT2D eigenvalue weighted by molar-refractivity contribution is 4.94. The van der Waals surface area contributed by atoms with Gasteiger partial charge in [-0.3, -0.25) is 0 Å². The Morgan fingerprint density at radius 3 is 1.71 bits per heavy atom. The van der Waals surface area contributed by atoms with Crippen LogP contribution in [0.25, 0.3) is 0 Å². The van der Waals surface area contributed by atoms with Crippen LogP contribution in [-0.4, -0.2) is 117 Å². The summed E-state index contributed by atoms with van der Waals surface area (Å²) in [6, 6.07) is 0. The third-order valence-corrected chi connectivity index (χ3v) is 6.49. The maximum Gasteiger partial charge on any atom is 0.187 e. The molecular formula is C23H44O11. The van der Waals surface area contributed by atoms with E-state index in [1.165, 1.54) is 38.5 Å². The summed E-state index contributed by atoms with van der Waals surface area (Å²) >= 11 is 0. The number of ether oxygens (including phenoxy) is 4. The van der Waals surface area contributed by atoms with E-state index in [0.29, 0.717) is 6.61 Å². The zero-order chi connectivity index (χ0) is 25.1. The van der Waals surface area contributed by atoms with Gasteiger partial charge in [0, 0.05) is 6.61 Å². The Bertz CT molecular complexity index is 535.